The minimum Gasteiger partial charge on any atom is -0.393 e. The molecular weight excluding hydrogens is 194 g/mol. The summed E-state index contributed by atoms with van der Waals surface area (Å²) in [5.74, 6) is 0. The number of nitro benzene ring substituents is 1. The van der Waals surface area contributed by atoms with Gasteiger partial charge in [0.2, 0.25) is 0 Å². The lowest BCUT2D eigenvalue weighted by atomic mass is 10.1. The largest absolute Gasteiger partial charge is 0.393 e. The maximum atomic E-state index is 10.6. The Morgan fingerprint density at radius 2 is 2.27 bits per heavy atom. The summed E-state index contributed by atoms with van der Waals surface area (Å²) in [5, 5.41) is 19.0. The predicted molar refractivity (Wildman–Crippen MR) is 56.9 cm³/mol. The summed E-state index contributed by atoms with van der Waals surface area (Å²) < 4.78 is 0. The Morgan fingerprint density at radius 3 is 2.80 bits per heavy atom. The van der Waals surface area contributed by atoms with E-state index >= 15 is 0 Å². The molecule has 0 aliphatic carbocycles. The van der Waals surface area contributed by atoms with Crippen molar-refractivity contribution in [1.82, 2.24) is 0 Å². The second-order valence-electron chi connectivity index (χ2n) is 2.99. The number of nitrogens with two attached hydrogens (primary N) is 1. The van der Waals surface area contributed by atoms with Gasteiger partial charge in [-0.05, 0) is 30.2 Å². The van der Waals surface area contributed by atoms with E-state index in [1.807, 2.05) is 6.07 Å². The zero-order valence-corrected chi connectivity index (χ0v) is 8.10. The van der Waals surface area contributed by atoms with Crippen molar-refractivity contribution in [3.63, 3.8) is 0 Å². The summed E-state index contributed by atoms with van der Waals surface area (Å²) in [6.07, 6.45) is 2.76. The van der Waals surface area contributed by atoms with E-state index in [2.05, 4.69) is 0 Å². The van der Waals surface area contributed by atoms with Gasteiger partial charge >= 0.3 is 0 Å². The van der Waals surface area contributed by atoms with Gasteiger partial charge < -0.3 is 5.73 Å². The highest BCUT2D eigenvalue weighted by Gasteiger charge is 2.13. The molecule has 1 aromatic carbocycles. The Labute approximate surface area is 86.6 Å². The van der Waals surface area contributed by atoms with Crippen LogP contribution in [0.2, 0.25) is 0 Å². The van der Waals surface area contributed by atoms with Crippen molar-refractivity contribution in [2.24, 2.45) is 0 Å². The summed E-state index contributed by atoms with van der Waals surface area (Å²) >= 11 is 0. The lowest BCUT2D eigenvalue weighted by molar-refractivity contribution is -0.383. The molecule has 0 aliphatic heterocycles. The highest BCUT2D eigenvalue weighted by atomic mass is 16.6. The van der Waals surface area contributed by atoms with Crippen molar-refractivity contribution in [3.8, 4) is 6.07 Å². The standard InChI is InChI=1S/C10H9N3O2/c1-7-5-8(3-2-4-11)6-9(10(7)12)13(14)15/h2-3,5-6H,12H2,1H3. The minimum absolute atomic E-state index is 0.132. The monoisotopic (exact) mass is 203 g/mol. The molecule has 1 aromatic rings. The number of aryl methyl sites for hydroxylation is 1. The number of benzene rings is 1. The first kappa shape index (κ1) is 10.7. The van der Waals surface area contributed by atoms with E-state index in [0.717, 1.165) is 0 Å². The normalized spacial score (nSPS) is 10.1. The molecule has 0 saturated heterocycles. The predicted octanol–water partition coefficient (Wildman–Crippen LogP) is 2.02. The van der Waals surface area contributed by atoms with Crippen LogP contribution in [-0.4, -0.2) is 4.92 Å². The Bertz CT molecular complexity index is 472. The van der Waals surface area contributed by atoms with Crippen LogP contribution in [0, 0.1) is 28.4 Å². The maximum Gasteiger partial charge on any atom is 0.292 e. The van der Waals surface area contributed by atoms with E-state index in [-0.39, 0.29) is 11.4 Å². The zero-order valence-electron chi connectivity index (χ0n) is 8.10. The molecule has 0 fully saturated rings. The van der Waals surface area contributed by atoms with Gasteiger partial charge in [0.25, 0.3) is 5.69 Å². The minimum atomic E-state index is -0.536. The molecule has 0 aliphatic rings. The van der Waals surface area contributed by atoms with Gasteiger partial charge in [-0.1, -0.05) is 0 Å². The van der Waals surface area contributed by atoms with Gasteiger partial charge in [0.05, 0.1) is 11.0 Å². The van der Waals surface area contributed by atoms with E-state index in [0.29, 0.717) is 11.1 Å². The highest BCUT2D eigenvalue weighted by Crippen LogP contribution is 2.27. The number of hydrogen-bond donors (Lipinski definition) is 1. The molecular formula is C10H9N3O2. The number of allylic oxidation sites excluding steroid dienone is 1. The third-order valence-electron chi connectivity index (χ3n) is 1.93. The summed E-state index contributed by atoms with van der Waals surface area (Å²) in [6.45, 7) is 1.69. The Balaban J connectivity index is 3.31. The number of nitriles is 1. The van der Waals surface area contributed by atoms with Crippen LogP contribution in [0.5, 0.6) is 0 Å². The van der Waals surface area contributed by atoms with Crippen LogP contribution in [0.4, 0.5) is 11.4 Å². The molecule has 0 heterocycles. The molecule has 0 unspecified atom stereocenters. The quantitative estimate of drug-likeness (QED) is 0.344. The van der Waals surface area contributed by atoms with Gasteiger partial charge in [0, 0.05) is 12.1 Å². The van der Waals surface area contributed by atoms with Crippen LogP contribution in [0.25, 0.3) is 6.08 Å². The first-order chi connectivity index (χ1) is 7.06. The molecule has 5 nitrogen and oxygen atoms in total. The molecule has 1 rings (SSSR count). The second-order valence-corrected chi connectivity index (χ2v) is 2.99. The number of anilines is 1. The average Bonchev–Trinajstić information content (AvgIpc) is 2.19. The lowest BCUT2D eigenvalue weighted by Gasteiger charge is -2.02. The number of nitrogens with zero attached hydrogens (tertiary/aromatic N) is 2. The van der Waals surface area contributed by atoms with E-state index < -0.39 is 4.92 Å². The van der Waals surface area contributed by atoms with Crippen LogP contribution in [0.3, 0.4) is 0 Å². The third-order valence-corrected chi connectivity index (χ3v) is 1.93. The van der Waals surface area contributed by atoms with Gasteiger partial charge in [0.1, 0.15) is 5.69 Å². The summed E-state index contributed by atoms with van der Waals surface area (Å²) in [6, 6.07) is 4.85. The van der Waals surface area contributed by atoms with Crippen molar-refractivity contribution in [1.29, 1.82) is 5.26 Å². The molecule has 0 bridgehead atoms. The Kier molecular flexibility index (Phi) is 3.03. The van der Waals surface area contributed by atoms with Crippen molar-refractivity contribution in [2.45, 2.75) is 6.92 Å². The maximum absolute atomic E-state index is 10.6. The fourth-order valence-electron chi connectivity index (χ4n) is 1.19. The topological polar surface area (TPSA) is 92.9 Å². The number of hydrogen-bond acceptors (Lipinski definition) is 4. The Hall–Kier alpha value is -2.35. The lowest BCUT2D eigenvalue weighted by Crippen LogP contribution is -1.98. The molecule has 15 heavy (non-hydrogen) atoms. The van der Waals surface area contributed by atoms with E-state index in [9.17, 15) is 10.1 Å². The summed E-state index contributed by atoms with van der Waals surface area (Å²) in [5.41, 5.74) is 6.80. The summed E-state index contributed by atoms with van der Waals surface area (Å²) in [7, 11) is 0. The molecule has 0 atom stereocenters. The summed E-state index contributed by atoms with van der Waals surface area (Å²) in [4.78, 5) is 10.1. The number of nitro groups is 1. The van der Waals surface area contributed by atoms with Gasteiger partial charge in [-0.3, -0.25) is 10.1 Å². The van der Waals surface area contributed by atoms with Crippen molar-refractivity contribution in [2.75, 3.05) is 5.73 Å². The molecule has 0 aromatic heterocycles. The number of rotatable bonds is 2. The zero-order chi connectivity index (χ0) is 11.4. The second kappa shape index (κ2) is 4.24. The van der Waals surface area contributed by atoms with Gasteiger partial charge in [-0.25, -0.2) is 0 Å². The van der Waals surface area contributed by atoms with Gasteiger partial charge in [-0.15, -0.1) is 0 Å². The fraction of sp³-hybridized carbons (Fsp3) is 0.100. The average molecular weight is 203 g/mol. The molecule has 0 radical (unpaired) electrons. The van der Waals surface area contributed by atoms with E-state index in [4.69, 9.17) is 11.0 Å². The fourth-order valence-corrected chi connectivity index (χ4v) is 1.19. The van der Waals surface area contributed by atoms with Gasteiger partial charge in [0.15, 0.2) is 0 Å². The Morgan fingerprint density at radius 1 is 1.60 bits per heavy atom. The van der Waals surface area contributed by atoms with E-state index in [1.165, 1.54) is 18.2 Å². The molecule has 0 amide bonds. The molecule has 0 saturated carbocycles. The van der Waals surface area contributed by atoms with Crippen molar-refractivity contribution >= 4 is 17.5 Å². The smallest absolute Gasteiger partial charge is 0.292 e. The van der Waals surface area contributed by atoms with Gasteiger partial charge in [-0.2, -0.15) is 5.26 Å². The highest BCUT2D eigenvalue weighted by molar-refractivity contribution is 5.69. The first-order valence-corrected chi connectivity index (χ1v) is 4.17. The molecule has 0 spiro atoms. The van der Waals surface area contributed by atoms with Crippen LogP contribution in [0.15, 0.2) is 18.2 Å². The van der Waals surface area contributed by atoms with E-state index in [1.54, 1.807) is 13.0 Å². The number of nitrogen functional groups attached to an aromatic ring is 1. The molecule has 2 N–H and O–H groups in total. The van der Waals surface area contributed by atoms with Crippen molar-refractivity contribution < 1.29 is 4.92 Å². The SMILES string of the molecule is Cc1cc(C=CC#N)cc([N+](=O)[O-])c1N. The molecule has 5 heteroatoms. The van der Waals surface area contributed by atoms with Crippen LogP contribution < -0.4 is 5.73 Å². The first-order valence-electron chi connectivity index (χ1n) is 4.17. The van der Waals surface area contributed by atoms with Crippen LogP contribution in [-0.2, 0) is 0 Å². The third kappa shape index (κ3) is 2.31. The van der Waals surface area contributed by atoms with Crippen molar-refractivity contribution in [3.05, 3.63) is 39.4 Å². The van der Waals surface area contributed by atoms with Crippen LogP contribution in [0.1, 0.15) is 11.1 Å². The molecule has 76 valence electrons. The van der Waals surface area contributed by atoms with Crippen LogP contribution >= 0.6 is 0 Å².